The third-order valence-electron chi connectivity index (χ3n) is 11.3. The Morgan fingerprint density at radius 3 is 2.23 bits per heavy atom. The highest BCUT2D eigenvalue weighted by molar-refractivity contribution is 5.78. The summed E-state index contributed by atoms with van der Waals surface area (Å²) in [7, 11) is 0. The Labute approximate surface area is 185 Å². The van der Waals surface area contributed by atoms with Gasteiger partial charge in [0.1, 0.15) is 5.60 Å². The molecule has 8 rings (SSSR count). The smallest absolute Gasteiger partial charge is 0.344 e. The predicted molar refractivity (Wildman–Crippen MR) is 115 cm³/mol. The molecule has 7 atom stereocenters. The Hall–Kier alpha value is -1.32. The third-order valence-corrected chi connectivity index (χ3v) is 11.3. The molecule has 8 aliphatic carbocycles. The molecule has 7 fully saturated rings. The highest BCUT2D eigenvalue weighted by atomic mass is 16.6. The van der Waals surface area contributed by atoms with E-state index in [1.54, 1.807) is 0 Å². The first-order valence-corrected chi connectivity index (χ1v) is 13.1. The van der Waals surface area contributed by atoms with Crippen LogP contribution in [0.3, 0.4) is 0 Å². The second-order valence-electron chi connectivity index (χ2n) is 12.3. The predicted octanol–water partition coefficient (Wildman–Crippen LogP) is 4.77. The minimum atomic E-state index is -0.313. The topological polar surface area (TPSA) is 52.6 Å². The van der Waals surface area contributed by atoms with E-state index in [-0.39, 0.29) is 30.1 Å². The summed E-state index contributed by atoms with van der Waals surface area (Å²) in [5, 5.41) is 0. The van der Waals surface area contributed by atoms with E-state index in [0.717, 1.165) is 36.5 Å². The largest absolute Gasteiger partial charge is 0.456 e. The van der Waals surface area contributed by atoms with Gasteiger partial charge >= 0.3 is 11.9 Å². The van der Waals surface area contributed by atoms with E-state index in [2.05, 4.69) is 19.1 Å². The van der Waals surface area contributed by atoms with Gasteiger partial charge in [-0.15, -0.1) is 0 Å². The summed E-state index contributed by atoms with van der Waals surface area (Å²) in [6.07, 6.45) is 15.5. The van der Waals surface area contributed by atoms with Gasteiger partial charge in [-0.05, 0) is 117 Å². The zero-order chi connectivity index (χ0) is 20.9. The van der Waals surface area contributed by atoms with E-state index < -0.39 is 0 Å². The van der Waals surface area contributed by atoms with Crippen LogP contribution in [0.4, 0.5) is 0 Å². The molecule has 0 amide bonds. The summed E-state index contributed by atoms with van der Waals surface area (Å²) >= 11 is 0. The summed E-state index contributed by atoms with van der Waals surface area (Å²) < 4.78 is 11.8. The van der Waals surface area contributed by atoms with E-state index in [9.17, 15) is 9.59 Å². The average Bonchev–Trinajstić information content (AvgIpc) is 3.54. The van der Waals surface area contributed by atoms with Crippen molar-refractivity contribution in [3.8, 4) is 0 Å². The van der Waals surface area contributed by atoms with Crippen molar-refractivity contribution in [1.29, 1.82) is 0 Å². The van der Waals surface area contributed by atoms with Crippen molar-refractivity contribution in [2.75, 3.05) is 6.61 Å². The number of rotatable bonds is 5. The van der Waals surface area contributed by atoms with Crippen molar-refractivity contribution in [1.82, 2.24) is 0 Å². The minimum absolute atomic E-state index is 0.00751. The van der Waals surface area contributed by atoms with E-state index in [1.807, 2.05) is 0 Å². The number of fused-ring (bicyclic) bond motifs is 9. The molecule has 168 valence electrons. The number of hydrogen-bond donors (Lipinski definition) is 0. The monoisotopic (exact) mass is 424 g/mol. The maximum Gasteiger partial charge on any atom is 0.344 e. The molecule has 0 heterocycles. The molecule has 0 spiro atoms. The molecular formula is C27H36O4. The molecule has 4 heteroatoms. The standard InChI is InChI=1S/C27H36O4/c1-2-27(19-6-14-5-15(8-19)9-20(27)7-14)31-23(28)13-30-26(29)22-12-18-11-21(22)25-17-4-3-16(10-17)24(18)25/h3-4,14-22,24-25H,2,5-13H2,1H3. The lowest BCUT2D eigenvalue weighted by atomic mass is 9.49. The van der Waals surface area contributed by atoms with Gasteiger partial charge in [0.15, 0.2) is 6.61 Å². The van der Waals surface area contributed by atoms with Gasteiger partial charge in [-0.2, -0.15) is 0 Å². The Balaban J connectivity index is 0.985. The fraction of sp³-hybridized carbons (Fsp3) is 0.852. The second-order valence-corrected chi connectivity index (χ2v) is 12.3. The second kappa shape index (κ2) is 6.60. The van der Waals surface area contributed by atoms with E-state index in [1.165, 1.54) is 44.9 Å². The van der Waals surface area contributed by atoms with Crippen molar-refractivity contribution >= 4 is 11.9 Å². The molecule has 7 unspecified atom stereocenters. The lowest BCUT2D eigenvalue weighted by Gasteiger charge is -2.60. The van der Waals surface area contributed by atoms with Crippen molar-refractivity contribution in [2.24, 2.45) is 65.1 Å². The maximum atomic E-state index is 13.0. The van der Waals surface area contributed by atoms with Crippen LogP contribution < -0.4 is 0 Å². The first-order chi connectivity index (χ1) is 15.1. The zero-order valence-corrected chi connectivity index (χ0v) is 18.7. The number of esters is 2. The first kappa shape index (κ1) is 19.2. The van der Waals surface area contributed by atoms with Crippen molar-refractivity contribution in [3.63, 3.8) is 0 Å². The number of carbonyl (C=O) groups is 2. The van der Waals surface area contributed by atoms with Crippen LogP contribution in [0.15, 0.2) is 12.2 Å². The molecule has 0 aromatic heterocycles. The number of ether oxygens (including phenoxy) is 2. The fourth-order valence-corrected chi connectivity index (χ4v) is 10.6. The number of allylic oxidation sites excluding steroid dienone is 2. The molecule has 31 heavy (non-hydrogen) atoms. The van der Waals surface area contributed by atoms with E-state index in [0.29, 0.717) is 35.5 Å². The third kappa shape index (κ3) is 2.60. The summed E-state index contributed by atoms with van der Waals surface area (Å²) in [5.74, 6) is 6.41. The van der Waals surface area contributed by atoms with Crippen molar-refractivity contribution in [3.05, 3.63) is 12.2 Å². The average molecular weight is 425 g/mol. The molecule has 0 radical (unpaired) electrons. The van der Waals surface area contributed by atoms with Crippen LogP contribution in [0, 0.1) is 65.1 Å². The number of hydrogen-bond acceptors (Lipinski definition) is 4. The maximum absolute atomic E-state index is 13.0. The quantitative estimate of drug-likeness (QED) is 0.362. The molecule has 8 aliphatic rings. The van der Waals surface area contributed by atoms with Crippen LogP contribution in [0.25, 0.3) is 0 Å². The Bertz CT molecular complexity index is 801. The summed E-state index contributed by atoms with van der Waals surface area (Å²) in [6.45, 7) is 1.98. The highest BCUT2D eigenvalue weighted by Crippen LogP contribution is 2.67. The van der Waals surface area contributed by atoms with Gasteiger partial charge in [0.05, 0.1) is 5.92 Å². The van der Waals surface area contributed by atoms with E-state index in [4.69, 9.17) is 9.47 Å². The lowest BCUT2D eigenvalue weighted by Crippen LogP contribution is -2.59. The molecular weight excluding hydrogens is 388 g/mol. The summed E-state index contributed by atoms with van der Waals surface area (Å²) in [4.78, 5) is 25.8. The molecule has 0 aromatic carbocycles. The molecule has 7 saturated carbocycles. The van der Waals surface area contributed by atoms with Crippen LogP contribution in [-0.2, 0) is 19.1 Å². The van der Waals surface area contributed by atoms with Crippen molar-refractivity contribution < 1.29 is 19.1 Å². The molecule has 8 bridgehead atoms. The summed E-state index contributed by atoms with van der Waals surface area (Å²) in [5.41, 5.74) is -0.300. The van der Waals surface area contributed by atoms with E-state index >= 15 is 0 Å². The molecule has 0 N–H and O–H groups in total. The Morgan fingerprint density at radius 2 is 1.55 bits per heavy atom. The minimum Gasteiger partial charge on any atom is -0.456 e. The molecule has 0 aliphatic heterocycles. The molecule has 0 aromatic rings. The fourth-order valence-electron chi connectivity index (χ4n) is 10.6. The summed E-state index contributed by atoms with van der Waals surface area (Å²) in [6, 6.07) is 0. The SMILES string of the molecule is CCC1(OC(=O)COC(=O)C2CC3CC2C2C4C=CC(C4)C32)C2CC3CC(C2)CC1C3. The Morgan fingerprint density at radius 1 is 0.871 bits per heavy atom. The normalized spacial score (nSPS) is 54.4. The molecule has 4 nitrogen and oxygen atoms in total. The van der Waals surface area contributed by atoms with Crippen LogP contribution in [0.1, 0.15) is 64.7 Å². The van der Waals surface area contributed by atoms with Gasteiger partial charge in [0.2, 0.25) is 0 Å². The van der Waals surface area contributed by atoms with Gasteiger partial charge in [-0.1, -0.05) is 19.1 Å². The van der Waals surface area contributed by atoms with Crippen LogP contribution >= 0.6 is 0 Å². The van der Waals surface area contributed by atoms with Crippen molar-refractivity contribution in [2.45, 2.75) is 70.3 Å². The van der Waals surface area contributed by atoms with Crippen LogP contribution in [0.5, 0.6) is 0 Å². The van der Waals surface area contributed by atoms with Gasteiger partial charge in [-0.3, -0.25) is 4.79 Å². The first-order valence-electron chi connectivity index (χ1n) is 13.1. The lowest BCUT2D eigenvalue weighted by molar-refractivity contribution is -0.214. The Kier molecular flexibility index (Phi) is 4.09. The van der Waals surface area contributed by atoms with Gasteiger partial charge in [-0.25, -0.2) is 4.79 Å². The van der Waals surface area contributed by atoms with Crippen LogP contribution in [-0.4, -0.2) is 24.1 Å². The van der Waals surface area contributed by atoms with Crippen LogP contribution in [0.2, 0.25) is 0 Å². The van der Waals surface area contributed by atoms with Gasteiger partial charge < -0.3 is 9.47 Å². The zero-order valence-electron chi connectivity index (χ0n) is 18.7. The van der Waals surface area contributed by atoms with Gasteiger partial charge in [0.25, 0.3) is 0 Å². The van der Waals surface area contributed by atoms with Gasteiger partial charge in [0, 0.05) is 0 Å². The highest BCUT2D eigenvalue weighted by Gasteiger charge is 2.63. The molecule has 0 saturated heterocycles. The number of carbonyl (C=O) groups excluding carboxylic acids is 2.